The van der Waals surface area contributed by atoms with E-state index in [0.29, 0.717) is 12.2 Å². The van der Waals surface area contributed by atoms with Gasteiger partial charge in [-0.15, -0.1) is 0 Å². The average Bonchev–Trinajstić information content (AvgIpc) is 1.38. The van der Waals surface area contributed by atoms with E-state index in [0.717, 1.165) is 5.92 Å². The molecule has 372 valence electrons. The third kappa shape index (κ3) is 2.31. The zero-order valence-corrected chi connectivity index (χ0v) is 44.6. The van der Waals surface area contributed by atoms with Gasteiger partial charge in [-0.05, 0) is 377 Å². The number of nitro groups is 2. The summed E-state index contributed by atoms with van der Waals surface area (Å²) in [5.74, 6) is 1.16. The minimum atomic E-state index is -0.748. The van der Waals surface area contributed by atoms with Crippen LogP contribution in [0.2, 0.25) is 0 Å². The van der Waals surface area contributed by atoms with Crippen molar-refractivity contribution >= 4 is 308 Å². The number of rotatable bonds is 4. The fourth-order valence-corrected chi connectivity index (χ4v) is 27.4. The van der Waals surface area contributed by atoms with Crippen molar-refractivity contribution in [3.8, 4) is 0 Å². The van der Waals surface area contributed by atoms with Crippen LogP contribution in [0.25, 0.3) is 291 Å². The van der Waals surface area contributed by atoms with Crippen LogP contribution in [0.15, 0.2) is 18.2 Å². The number of nitrogens with zero attached hydrogens (tertiary/aromatic N) is 3. The Balaban J connectivity index is 0.000000656. The van der Waals surface area contributed by atoms with Crippen molar-refractivity contribution in [1.82, 2.24) is 0 Å². The number of benzene rings is 19. The fraction of sp³-hybridized carbons (Fsp3) is 0.0513. The van der Waals surface area contributed by atoms with E-state index in [4.69, 9.17) is 0 Å². The van der Waals surface area contributed by atoms with Gasteiger partial charge >= 0.3 is 17.1 Å². The van der Waals surface area contributed by atoms with Crippen LogP contribution in [0.1, 0.15) is 22.3 Å². The molecule has 7 aliphatic rings. The molecular weight excluding hydrogens is 1100 g/mol. The Morgan fingerprint density at radius 3 is 0.814 bits per heavy atom. The van der Waals surface area contributed by atoms with Crippen molar-refractivity contribution in [2.75, 3.05) is 11.4 Å². The van der Waals surface area contributed by atoms with Gasteiger partial charge in [0.2, 0.25) is 0 Å². The second-order valence-corrected chi connectivity index (χ2v) is 28.9. The number of nitro benzene ring substituents is 2. The first kappa shape index (κ1) is 37.3. The van der Waals surface area contributed by atoms with Gasteiger partial charge in [0.25, 0.3) is 11.4 Å². The number of anilines is 1. The van der Waals surface area contributed by atoms with Crippen molar-refractivity contribution in [1.29, 1.82) is 0 Å². The summed E-state index contributed by atoms with van der Waals surface area (Å²) in [5.41, 5.74) is 4.56. The van der Waals surface area contributed by atoms with Crippen LogP contribution in [0.4, 0.5) is 17.1 Å². The van der Waals surface area contributed by atoms with Gasteiger partial charge in [0.15, 0.2) is 0 Å². The molecule has 29 aromatic rings. The Hall–Kier alpha value is -9.20. The largest absolute Gasteiger partial charge is 2.00 e. The zero-order valence-electron chi connectivity index (χ0n) is 43.5. The molecule has 1 saturated heterocycles. The SMILES string of the molecule is O=[N+]([O-])c1ccc(N2CC34c5c6c7c8c9c%10c(c%11c%12c3c3c5c5c%13c6c6c7c7c9c9c%14c%10c%10c%11c%11c%12c%12c3c3c5c5c%13c%13c6c6c7c9c7c9c%14c%10c%10c%11c%11c%12c3c3c5c5c%13c6c7c6c9c%10c%11c3c56)C84C2[C]2[CH][CH][CH][CH]2)c([N+](=O)[O-])c1.[CH]1[CH][CH][CH][CH]1.[Fe+2]. The molecule has 8 heteroatoms. The summed E-state index contributed by atoms with van der Waals surface area (Å²) in [6.07, 6.45) is 19.0. The van der Waals surface area contributed by atoms with Crippen LogP contribution in [-0.4, -0.2) is 22.4 Å². The van der Waals surface area contributed by atoms with E-state index < -0.39 is 21.8 Å². The molecule has 10 radical (unpaired) electrons. The van der Waals surface area contributed by atoms with Gasteiger partial charge in [-0.2, -0.15) is 0 Å². The standard InChI is InChI=1S/C73H10N3O4.C5H5.Fe/c77-75(78)10-5-6-11(12(7-10)76(79)80)74-8-72-67-59-51-41-31-23-15-13-14-17-21-19(15)27-35-29(21)39-33-25(17)26-18(14)22-20-16(13)24(23)32-38-28(20)36-30(22)40-34(26)44-43(33)55-49(39)57-47(35)53(45(51)37(27)31)61(67)63(57)69-65(55)66-56(44)50(40)58-48(36)54-46(38)52(42(32)41)60(59)68(72)62(54)64(58)70(66)73(69,72)71(74)9-3-1-2-4-9;1-2-4-5-3-1;/h1-7,71H,8H2;1-5H;/q;;+2. The molecule has 29 aromatic carbocycles. The summed E-state index contributed by atoms with van der Waals surface area (Å²) in [4.78, 5) is 28.3. The normalized spacial score (nSPS) is 23.1. The minimum Gasteiger partial charge on any atom is -0.360 e. The van der Waals surface area contributed by atoms with Crippen LogP contribution >= 0.6 is 0 Å². The molecule has 1 atom stereocenters. The molecule has 2 saturated carbocycles. The molecule has 0 N–H and O–H groups in total. The van der Waals surface area contributed by atoms with E-state index in [-0.39, 0.29) is 33.4 Å². The third-order valence-electron chi connectivity index (χ3n) is 27.9. The maximum absolute atomic E-state index is 13.9. The van der Waals surface area contributed by atoms with E-state index in [9.17, 15) is 20.2 Å². The molecule has 1 unspecified atom stereocenters. The fourth-order valence-electron chi connectivity index (χ4n) is 27.4. The molecule has 86 heavy (non-hydrogen) atoms. The van der Waals surface area contributed by atoms with E-state index in [1.807, 2.05) is 32.1 Å². The number of hydrogen-bond acceptors (Lipinski definition) is 5. The summed E-state index contributed by atoms with van der Waals surface area (Å²) in [5, 5.41) is 109. The van der Waals surface area contributed by atoms with Gasteiger partial charge in [-0.25, -0.2) is 0 Å². The van der Waals surface area contributed by atoms with Gasteiger partial charge in [-0.3, -0.25) is 20.2 Å². The maximum Gasteiger partial charge on any atom is 2.00 e. The van der Waals surface area contributed by atoms with Crippen molar-refractivity contribution in [3.05, 3.63) is 124 Å². The summed E-state index contributed by atoms with van der Waals surface area (Å²) in [6, 6.07) is 4.15. The molecule has 2 spiro atoms. The van der Waals surface area contributed by atoms with Gasteiger partial charge in [0, 0.05) is 18.5 Å². The molecule has 0 amide bonds. The summed E-state index contributed by atoms with van der Waals surface area (Å²) in [6.45, 7) is 0.511. The molecule has 3 fully saturated rings. The first-order valence-corrected chi connectivity index (χ1v) is 30.4. The molecule has 7 nitrogen and oxygen atoms in total. The number of non-ortho nitro benzene ring substituents is 1. The molecule has 36 rings (SSSR count). The van der Waals surface area contributed by atoms with Crippen LogP contribution < -0.4 is 4.90 Å². The monoisotopic (exact) mass is 1110 g/mol. The summed E-state index contributed by atoms with van der Waals surface area (Å²) in [7, 11) is 0. The van der Waals surface area contributed by atoms with Gasteiger partial charge < -0.3 is 4.90 Å². The topological polar surface area (TPSA) is 89.5 Å². The van der Waals surface area contributed by atoms with E-state index in [1.54, 1.807) is 103 Å². The average molecular weight is 1110 g/mol. The Bertz CT molecular complexity index is 7820. The van der Waals surface area contributed by atoms with Crippen molar-refractivity contribution in [2.45, 2.75) is 16.9 Å². The Labute approximate surface area is 484 Å². The van der Waals surface area contributed by atoms with Gasteiger partial charge in [0.1, 0.15) is 5.69 Å². The van der Waals surface area contributed by atoms with Crippen molar-refractivity contribution in [3.63, 3.8) is 0 Å². The molecule has 0 bridgehead atoms. The third-order valence-corrected chi connectivity index (χ3v) is 27.9. The Kier molecular flexibility index (Phi) is 4.02. The van der Waals surface area contributed by atoms with Crippen LogP contribution in [0.5, 0.6) is 0 Å². The summed E-state index contributed by atoms with van der Waals surface area (Å²) >= 11 is 0. The van der Waals surface area contributed by atoms with Crippen molar-refractivity contribution < 1.29 is 26.9 Å². The zero-order chi connectivity index (χ0) is 52.3. The predicted molar refractivity (Wildman–Crippen MR) is 347 cm³/mol. The Morgan fingerprint density at radius 2 is 0.570 bits per heavy atom. The molecule has 1 aliphatic heterocycles. The second-order valence-electron chi connectivity index (χ2n) is 28.9. The first-order chi connectivity index (χ1) is 42.0. The predicted octanol–water partition coefficient (Wildman–Crippen LogP) is 19.4. The molecular formula is C78H15FeN3O4+2. The maximum atomic E-state index is 13.9. The molecule has 1 heterocycles. The first-order valence-electron chi connectivity index (χ1n) is 30.4. The van der Waals surface area contributed by atoms with E-state index in [1.165, 1.54) is 228 Å². The van der Waals surface area contributed by atoms with Crippen LogP contribution in [0.3, 0.4) is 0 Å². The van der Waals surface area contributed by atoms with Crippen molar-refractivity contribution in [2.24, 2.45) is 0 Å². The second kappa shape index (κ2) is 9.28. The molecule has 6 aliphatic carbocycles. The Morgan fingerprint density at radius 1 is 0.326 bits per heavy atom. The van der Waals surface area contributed by atoms with Gasteiger partial charge in [0.05, 0.1) is 32.8 Å². The summed E-state index contributed by atoms with van der Waals surface area (Å²) < 4.78 is 0. The quantitative estimate of drug-likeness (QED) is 0.0758. The van der Waals surface area contributed by atoms with Crippen LogP contribution in [0, 0.1) is 83.9 Å². The van der Waals surface area contributed by atoms with E-state index >= 15 is 0 Å². The van der Waals surface area contributed by atoms with Crippen LogP contribution in [-0.2, 0) is 27.9 Å². The molecule has 0 aromatic heterocycles. The van der Waals surface area contributed by atoms with E-state index in [2.05, 4.69) is 30.6 Å². The van der Waals surface area contributed by atoms with Gasteiger partial charge in [-0.1, -0.05) is 0 Å². The minimum absolute atomic E-state index is 0. The smallest absolute Gasteiger partial charge is 0.360 e. The number of hydrogen-bond donors (Lipinski definition) is 0.